The lowest BCUT2D eigenvalue weighted by Gasteiger charge is -2.36. The Morgan fingerprint density at radius 1 is 0.638 bits per heavy atom. The van der Waals surface area contributed by atoms with Crippen LogP contribution in [0.5, 0.6) is 0 Å². The van der Waals surface area contributed by atoms with Crippen LogP contribution in [0.15, 0.2) is 133 Å². The summed E-state index contributed by atoms with van der Waals surface area (Å²) < 4.78 is 12.4. The second kappa shape index (κ2) is 18.9. The van der Waals surface area contributed by atoms with Crippen molar-refractivity contribution in [2.24, 2.45) is 0 Å². The number of unbranched alkanes of at least 4 members (excludes halogenated alkanes) is 7. The topological polar surface area (TPSA) is 47.6 Å². The van der Waals surface area contributed by atoms with Crippen LogP contribution < -0.4 is 5.32 Å². The van der Waals surface area contributed by atoms with Gasteiger partial charge in [0.1, 0.15) is 11.2 Å². The van der Waals surface area contributed by atoms with E-state index >= 15 is 0 Å². The predicted octanol–water partition coefficient (Wildman–Crippen LogP) is 10.8. The van der Waals surface area contributed by atoms with Crippen molar-refractivity contribution < 1.29 is 14.3 Å². The fourth-order valence-corrected chi connectivity index (χ4v) is 6.00. The number of alkyl carbamates (subject to hydrolysis) is 1. The number of allylic oxidation sites excluding steroid dienone is 1. The summed E-state index contributed by atoms with van der Waals surface area (Å²) in [5.74, 6) is 0. The largest absolute Gasteiger partial charge is 0.444 e. The highest BCUT2D eigenvalue weighted by Gasteiger charge is 2.37. The third kappa shape index (κ3) is 11.9. The van der Waals surface area contributed by atoms with E-state index < -0.39 is 11.2 Å². The fraction of sp³-hybridized carbons (Fsp3) is 0.372. The van der Waals surface area contributed by atoms with Crippen LogP contribution in [0.25, 0.3) is 0 Å². The number of benzene rings is 4. The van der Waals surface area contributed by atoms with Gasteiger partial charge in [0, 0.05) is 6.61 Å². The van der Waals surface area contributed by atoms with E-state index in [0.29, 0.717) is 6.61 Å². The predicted molar refractivity (Wildman–Crippen MR) is 195 cm³/mol. The van der Waals surface area contributed by atoms with Crippen molar-refractivity contribution in [1.29, 1.82) is 0 Å². The fourth-order valence-electron chi connectivity index (χ4n) is 6.00. The van der Waals surface area contributed by atoms with Gasteiger partial charge in [0.25, 0.3) is 0 Å². The highest BCUT2D eigenvalue weighted by atomic mass is 16.6. The lowest BCUT2D eigenvalue weighted by Crippen LogP contribution is -2.39. The van der Waals surface area contributed by atoms with Gasteiger partial charge in [-0.1, -0.05) is 166 Å². The lowest BCUT2D eigenvalue weighted by atomic mass is 9.80. The highest BCUT2D eigenvalue weighted by molar-refractivity contribution is 5.68. The van der Waals surface area contributed by atoms with Gasteiger partial charge < -0.3 is 14.8 Å². The van der Waals surface area contributed by atoms with Crippen LogP contribution in [0.3, 0.4) is 0 Å². The standard InChI is InChI=1S/C43H53NO3/c1-42(2,3)47-41(45)44-40(35-36-25-15-11-16-26-36)33-23-9-7-5-4-6-8-10-24-34-46-43(37-27-17-12-18-28-37,38-29-19-13-20-30-38)39-31-21-14-22-32-39/h11-23,25-33,40H,4-10,24,34-35H2,1-3H3,(H,44,45)/b33-23-/t40-/m1/s1. The molecule has 1 atom stereocenters. The van der Waals surface area contributed by atoms with Gasteiger partial charge in [0.2, 0.25) is 0 Å². The van der Waals surface area contributed by atoms with E-state index in [1.807, 2.05) is 39.0 Å². The molecule has 47 heavy (non-hydrogen) atoms. The number of nitrogens with one attached hydrogen (secondary N) is 1. The van der Waals surface area contributed by atoms with Gasteiger partial charge in [0.15, 0.2) is 0 Å². The Balaban J connectivity index is 1.20. The summed E-state index contributed by atoms with van der Waals surface area (Å²) in [4.78, 5) is 12.4. The van der Waals surface area contributed by atoms with Crippen molar-refractivity contribution >= 4 is 6.09 Å². The molecule has 4 heteroatoms. The Bertz CT molecular complexity index is 1350. The summed E-state index contributed by atoms with van der Waals surface area (Å²) in [5.41, 5.74) is 3.49. The van der Waals surface area contributed by atoms with E-state index in [0.717, 1.165) is 48.8 Å². The monoisotopic (exact) mass is 631 g/mol. The molecule has 0 heterocycles. The number of ether oxygens (including phenoxy) is 2. The zero-order valence-electron chi connectivity index (χ0n) is 28.6. The average Bonchev–Trinajstić information content (AvgIpc) is 3.08. The second-order valence-corrected chi connectivity index (χ2v) is 13.3. The van der Waals surface area contributed by atoms with Gasteiger partial charge in [-0.3, -0.25) is 0 Å². The smallest absolute Gasteiger partial charge is 0.408 e. The van der Waals surface area contributed by atoms with E-state index in [1.165, 1.54) is 31.2 Å². The number of hydrogen-bond donors (Lipinski definition) is 1. The molecular weight excluding hydrogens is 578 g/mol. The Kier molecular flexibility index (Phi) is 14.3. The van der Waals surface area contributed by atoms with Crippen molar-refractivity contribution in [3.8, 4) is 0 Å². The molecule has 0 aromatic heterocycles. The van der Waals surface area contributed by atoms with Crippen molar-refractivity contribution in [2.75, 3.05) is 6.61 Å². The van der Waals surface area contributed by atoms with Crippen LogP contribution >= 0.6 is 0 Å². The van der Waals surface area contributed by atoms with Gasteiger partial charge in [-0.2, -0.15) is 0 Å². The first kappa shape index (κ1) is 35.7. The van der Waals surface area contributed by atoms with Crippen LogP contribution in [0, 0.1) is 0 Å². The van der Waals surface area contributed by atoms with Crippen molar-refractivity contribution in [2.45, 2.75) is 95.8 Å². The summed E-state index contributed by atoms with van der Waals surface area (Å²) in [6, 6.07) is 42.0. The first-order chi connectivity index (χ1) is 22.9. The summed E-state index contributed by atoms with van der Waals surface area (Å²) in [7, 11) is 0. The minimum Gasteiger partial charge on any atom is -0.444 e. The Morgan fingerprint density at radius 2 is 1.09 bits per heavy atom. The van der Waals surface area contributed by atoms with Crippen LogP contribution in [0.2, 0.25) is 0 Å². The molecule has 0 unspecified atom stereocenters. The average molecular weight is 632 g/mol. The highest BCUT2D eigenvalue weighted by Crippen LogP contribution is 2.40. The molecular formula is C43H53NO3. The van der Waals surface area contributed by atoms with Gasteiger partial charge in [-0.25, -0.2) is 4.79 Å². The zero-order valence-corrected chi connectivity index (χ0v) is 28.6. The van der Waals surface area contributed by atoms with Gasteiger partial charge in [-0.05, 0) is 68.7 Å². The third-order valence-corrected chi connectivity index (χ3v) is 8.24. The molecule has 0 aliphatic carbocycles. The number of hydrogen-bond acceptors (Lipinski definition) is 3. The molecule has 4 nitrogen and oxygen atoms in total. The zero-order chi connectivity index (χ0) is 33.2. The van der Waals surface area contributed by atoms with Crippen LogP contribution in [0.1, 0.15) is 94.4 Å². The molecule has 0 fully saturated rings. The molecule has 0 bridgehead atoms. The molecule has 4 aromatic carbocycles. The Hall–Kier alpha value is -4.15. The molecule has 4 rings (SSSR count). The maximum absolute atomic E-state index is 12.4. The van der Waals surface area contributed by atoms with E-state index in [4.69, 9.17) is 9.47 Å². The molecule has 0 saturated carbocycles. The minimum absolute atomic E-state index is 0.0983. The van der Waals surface area contributed by atoms with Crippen LogP contribution in [0.4, 0.5) is 4.79 Å². The SMILES string of the molecule is CC(C)(C)OC(=O)N[C@H](/C=C\CCCCCCCCCOC(c1ccccc1)(c1ccccc1)c1ccccc1)Cc1ccccc1. The molecule has 0 aliphatic heterocycles. The second-order valence-electron chi connectivity index (χ2n) is 13.3. The quantitative estimate of drug-likeness (QED) is 0.0675. The molecule has 0 saturated heterocycles. The van der Waals surface area contributed by atoms with Crippen molar-refractivity contribution in [1.82, 2.24) is 5.32 Å². The third-order valence-electron chi connectivity index (χ3n) is 8.24. The van der Waals surface area contributed by atoms with Crippen molar-refractivity contribution in [3.63, 3.8) is 0 Å². The van der Waals surface area contributed by atoms with E-state index in [1.54, 1.807) is 0 Å². The maximum atomic E-state index is 12.4. The first-order valence-corrected chi connectivity index (χ1v) is 17.4. The Labute approximate surface area is 283 Å². The lowest BCUT2D eigenvalue weighted by molar-refractivity contribution is 0.0106. The molecule has 0 spiro atoms. The summed E-state index contributed by atoms with van der Waals surface area (Å²) >= 11 is 0. The Morgan fingerprint density at radius 3 is 1.57 bits per heavy atom. The number of carbonyl (C=O) groups is 1. The normalized spacial score (nSPS) is 12.6. The molecule has 0 aliphatic rings. The summed E-state index contributed by atoms with van der Waals surface area (Å²) in [6.07, 6.45) is 13.9. The molecule has 0 radical (unpaired) electrons. The maximum Gasteiger partial charge on any atom is 0.408 e. The molecule has 1 N–H and O–H groups in total. The first-order valence-electron chi connectivity index (χ1n) is 17.4. The molecule has 1 amide bonds. The number of amides is 1. The van der Waals surface area contributed by atoms with Crippen molar-refractivity contribution in [3.05, 3.63) is 156 Å². The molecule has 4 aromatic rings. The molecule has 248 valence electrons. The van der Waals surface area contributed by atoms with Crippen LogP contribution in [-0.2, 0) is 21.5 Å². The number of carbonyl (C=O) groups excluding carboxylic acids is 1. The summed E-state index contributed by atoms with van der Waals surface area (Å²) in [5, 5.41) is 3.04. The van der Waals surface area contributed by atoms with Crippen LogP contribution in [-0.4, -0.2) is 24.3 Å². The van der Waals surface area contributed by atoms with Gasteiger partial charge in [-0.15, -0.1) is 0 Å². The van der Waals surface area contributed by atoms with E-state index in [-0.39, 0.29) is 12.1 Å². The van der Waals surface area contributed by atoms with E-state index in [9.17, 15) is 4.79 Å². The number of rotatable bonds is 18. The van der Waals surface area contributed by atoms with E-state index in [2.05, 4.69) is 121 Å². The summed E-state index contributed by atoms with van der Waals surface area (Å²) in [6.45, 7) is 6.36. The minimum atomic E-state index is -0.639. The van der Waals surface area contributed by atoms with Gasteiger partial charge >= 0.3 is 6.09 Å². The van der Waals surface area contributed by atoms with Gasteiger partial charge in [0.05, 0.1) is 6.04 Å².